The highest BCUT2D eigenvalue weighted by Crippen LogP contribution is 2.37. The van der Waals surface area contributed by atoms with Crippen LogP contribution in [0.2, 0.25) is 0 Å². The molecule has 0 radical (unpaired) electrons. The summed E-state index contributed by atoms with van der Waals surface area (Å²) in [5.41, 5.74) is -0.258. The molecule has 1 aliphatic rings. The van der Waals surface area contributed by atoms with Gasteiger partial charge < -0.3 is 5.32 Å². The first kappa shape index (κ1) is 25.0. The second-order valence-corrected chi connectivity index (χ2v) is 10.8. The molecule has 2 aromatic carbocycles. The number of hydrogen-bond donors (Lipinski definition) is 2. The lowest BCUT2D eigenvalue weighted by molar-refractivity contribution is -0.124. The molecule has 1 saturated carbocycles. The van der Waals surface area contributed by atoms with E-state index in [1.807, 2.05) is 4.72 Å². The van der Waals surface area contributed by atoms with Crippen LogP contribution in [0.5, 0.6) is 0 Å². The molecule has 2 aromatic rings. The summed E-state index contributed by atoms with van der Waals surface area (Å²) in [6.45, 7) is 0. The molecular formula is C21H20F4N2O4S2. The number of hydrogen-bond acceptors (Lipinski definition) is 5. The summed E-state index contributed by atoms with van der Waals surface area (Å²) in [6.07, 6.45) is 2.85. The van der Waals surface area contributed by atoms with E-state index in [9.17, 15) is 35.6 Å². The minimum Gasteiger partial charge on any atom is -0.322 e. The fraction of sp³-hybridized carbons (Fsp3) is 0.333. The van der Waals surface area contributed by atoms with E-state index in [2.05, 4.69) is 5.32 Å². The molecule has 0 heterocycles. The maximum atomic E-state index is 14.3. The molecule has 0 saturated heterocycles. The van der Waals surface area contributed by atoms with Crippen LogP contribution in [-0.4, -0.2) is 31.7 Å². The fourth-order valence-electron chi connectivity index (χ4n) is 3.45. The van der Waals surface area contributed by atoms with Gasteiger partial charge in [0.1, 0.15) is 5.82 Å². The van der Waals surface area contributed by atoms with Crippen LogP contribution in [-0.2, 0) is 14.8 Å². The molecule has 0 unspecified atom stereocenters. The van der Waals surface area contributed by atoms with Crippen LogP contribution >= 0.6 is 11.8 Å². The van der Waals surface area contributed by atoms with Gasteiger partial charge in [0.15, 0.2) is 17.5 Å². The van der Waals surface area contributed by atoms with Crippen molar-refractivity contribution in [3.63, 3.8) is 0 Å². The molecule has 2 amide bonds. The Labute approximate surface area is 192 Å². The van der Waals surface area contributed by atoms with Crippen LogP contribution in [0.4, 0.5) is 23.2 Å². The van der Waals surface area contributed by atoms with Crippen molar-refractivity contribution >= 4 is 39.3 Å². The Balaban J connectivity index is 1.64. The largest absolute Gasteiger partial charge is 0.322 e. The number of benzene rings is 2. The third-order valence-electron chi connectivity index (χ3n) is 5.06. The third-order valence-corrected chi connectivity index (χ3v) is 7.00. The van der Waals surface area contributed by atoms with E-state index in [1.54, 1.807) is 0 Å². The van der Waals surface area contributed by atoms with E-state index in [-0.39, 0.29) is 21.4 Å². The highest BCUT2D eigenvalue weighted by Gasteiger charge is 2.29. The average molecular weight is 505 g/mol. The van der Waals surface area contributed by atoms with Crippen LogP contribution in [0.3, 0.4) is 0 Å². The van der Waals surface area contributed by atoms with E-state index in [4.69, 9.17) is 0 Å². The topological polar surface area (TPSA) is 92.3 Å². The van der Waals surface area contributed by atoms with Gasteiger partial charge in [-0.25, -0.2) is 26.0 Å². The lowest BCUT2D eigenvalue weighted by Crippen LogP contribution is -2.36. The van der Waals surface area contributed by atoms with Crippen LogP contribution in [0.25, 0.3) is 0 Å². The van der Waals surface area contributed by atoms with E-state index in [0.29, 0.717) is 37.8 Å². The van der Waals surface area contributed by atoms with Crippen LogP contribution < -0.4 is 10.0 Å². The van der Waals surface area contributed by atoms with Crippen LogP contribution in [0.1, 0.15) is 36.0 Å². The normalized spacial score (nSPS) is 18.6. The molecular weight excluding hydrogens is 484 g/mol. The Bertz CT molecular complexity index is 1160. The highest BCUT2D eigenvalue weighted by atomic mass is 32.2. The van der Waals surface area contributed by atoms with Gasteiger partial charge in [-0.15, -0.1) is 11.8 Å². The van der Waals surface area contributed by atoms with Gasteiger partial charge in [0.05, 0.1) is 6.26 Å². The number of carbonyl (C=O) groups is 2. The Morgan fingerprint density at radius 3 is 2.12 bits per heavy atom. The summed E-state index contributed by atoms with van der Waals surface area (Å²) in [5.74, 6) is -6.90. The van der Waals surface area contributed by atoms with Gasteiger partial charge in [0, 0.05) is 39.4 Å². The number of rotatable bonds is 6. The zero-order valence-electron chi connectivity index (χ0n) is 17.3. The molecule has 178 valence electrons. The quantitative estimate of drug-likeness (QED) is 0.454. The molecule has 1 aliphatic carbocycles. The SMILES string of the molecule is CS(=O)(=O)NC(=O)[C@H]1CC[C@H](Sc2cc(C(=O)Nc3cc(F)c(F)c(F)c3)ccc2F)CC1. The van der Waals surface area contributed by atoms with Crippen molar-refractivity contribution in [3.05, 3.63) is 59.2 Å². The number of carbonyl (C=O) groups excluding carboxylic acids is 2. The van der Waals surface area contributed by atoms with E-state index in [1.165, 1.54) is 23.9 Å². The van der Waals surface area contributed by atoms with Crippen molar-refractivity contribution in [2.24, 2.45) is 5.92 Å². The average Bonchev–Trinajstić information content (AvgIpc) is 2.72. The van der Waals surface area contributed by atoms with Gasteiger partial charge in [0.25, 0.3) is 5.91 Å². The molecule has 6 nitrogen and oxygen atoms in total. The van der Waals surface area contributed by atoms with Crippen molar-refractivity contribution in [1.29, 1.82) is 0 Å². The Morgan fingerprint density at radius 2 is 1.55 bits per heavy atom. The number of amides is 2. The number of sulfonamides is 1. The van der Waals surface area contributed by atoms with Crippen molar-refractivity contribution < 1.29 is 35.6 Å². The second kappa shape index (κ2) is 10.1. The molecule has 0 aromatic heterocycles. The van der Waals surface area contributed by atoms with Crippen LogP contribution in [0, 0.1) is 29.2 Å². The lowest BCUT2D eigenvalue weighted by atomic mass is 9.88. The fourth-order valence-corrected chi connectivity index (χ4v) is 5.23. The van der Waals surface area contributed by atoms with Gasteiger partial charge in [-0.3, -0.25) is 14.3 Å². The van der Waals surface area contributed by atoms with Crippen molar-refractivity contribution in [3.8, 4) is 0 Å². The monoisotopic (exact) mass is 504 g/mol. The van der Waals surface area contributed by atoms with Crippen molar-refractivity contribution in [1.82, 2.24) is 4.72 Å². The van der Waals surface area contributed by atoms with E-state index >= 15 is 0 Å². The number of halogens is 4. The number of anilines is 1. The van der Waals surface area contributed by atoms with Crippen molar-refractivity contribution in [2.45, 2.75) is 35.8 Å². The Hall–Kier alpha value is -2.60. The van der Waals surface area contributed by atoms with E-state index < -0.39 is 51.0 Å². The molecule has 0 spiro atoms. The summed E-state index contributed by atoms with van der Waals surface area (Å²) in [5, 5.41) is 2.19. The van der Waals surface area contributed by atoms with Crippen LogP contribution in [0.15, 0.2) is 35.2 Å². The highest BCUT2D eigenvalue weighted by molar-refractivity contribution is 8.00. The van der Waals surface area contributed by atoms with Gasteiger partial charge in [-0.05, 0) is 43.9 Å². The summed E-state index contributed by atoms with van der Waals surface area (Å²) in [6, 6.07) is 4.86. The summed E-state index contributed by atoms with van der Waals surface area (Å²) >= 11 is 1.19. The zero-order chi connectivity index (χ0) is 24.3. The zero-order valence-corrected chi connectivity index (χ0v) is 19.0. The third kappa shape index (κ3) is 6.70. The Morgan fingerprint density at radius 1 is 0.939 bits per heavy atom. The van der Waals surface area contributed by atoms with Gasteiger partial charge in [-0.2, -0.15) is 0 Å². The first-order valence-corrected chi connectivity index (χ1v) is 12.6. The summed E-state index contributed by atoms with van der Waals surface area (Å²) < 4.78 is 78.5. The minimum absolute atomic E-state index is 0.0326. The molecule has 0 aliphatic heterocycles. The Kier molecular flexibility index (Phi) is 7.68. The lowest BCUT2D eigenvalue weighted by Gasteiger charge is -2.27. The molecule has 12 heteroatoms. The predicted octanol–water partition coefficient (Wildman–Crippen LogP) is 4.22. The molecule has 0 bridgehead atoms. The first-order chi connectivity index (χ1) is 15.4. The van der Waals surface area contributed by atoms with Gasteiger partial charge in [-0.1, -0.05) is 0 Å². The van der Waals surface area contributed by atoms with Gasteiger partial charge in [0.2, 0.25) is 15.9 Å². The number of thioether (sulfide) groups is 1. The summed E-state index contributed by atoms with van der Waals surface area (Å²) in [4.78, 5) is 24.6. The first-order valence-electron chi connectivity index (χ1n) is 9.86. The molecule has 0 atom stereocenters. The molecule has 3 rings (SSSR count). The smallest absolute Gasteiger partial charge is 0.255 e. The molecule has 33 heavy (non-hydrogen) atoms. The van der Waals surface area contributed by atoms with Gasteiger partial charge >= 0.3 is 0 Å². The minimum atomic E-state index is -3.64. The second-order valence-electron chi connectivity index (χ2n) is 7.68. The van der Waals surface area contributed by atoms with Crippen molar-refractivity contribution in [2.75, 3.05) is 11.6 Å². The molecule has 1 fully saturated rings. The maximum Gasteiger partial charge on any atom is 0.255 e. The summed E-state index contributed by atoms with van der Waals surface area (Å²) in [7, 11) is -3.64. The van der Waals surface area contributed by atoms with E-state index in [0.717, 1.165) is 12.3 Å². The molecule has 2 N–H and O–H groups in total. The standard InChI is InChI=1S/C21H20F4N2O4S2/c1-33(30,31)27-21(29)11-2-5-14(6-3-11)32-18-8-12(4-7-15(18)22)20(28)26-13-9-16(23)19(25)17(24)10-13/h4,7-11,14H,2-3,5-6H2,1H3,(H,26,28)(H,27,29)/t11-,14-. The maximum absolute atomic E-state index is 14.3. The predicted molar refractivity (Wildman–Crippen MR) is 115 cm³/mol. The number of nitrogens with one attached hydrogen (secondary N) is 2.